The Labute approximate surface area is 250 Å². The van der Waals surface area contributed by atoms with Crippen LogP contribution in [0.5, 0.6) is 0 Å². The molecule has 222 valence electrons. The third kappa shape index (κ3) is 6.66. The second kappa shape index (κ2) is 12.9. The van der Waals surface area contributed by atoms with E-state index in [0.717, 1.165) is 41.1 Å². The second-order valence-corrected chi connectivity index (χ2v) is 12.6. The zero-order valence-corrected chi connectivity index (χ0v) is 25.2. The maximum Gasteiger partial charge on any atom is 0.245 e. The van der Waals surface area contributed by atoms with E-state index in [1.165, 1.54) is 55.6 Å². The van der Waals surface area contributed by atoms with Crippen LogP contribution >= 0.6 is 0 Å². The van der Waals surface area contributed by atoms with Gasteiger partial charge in [-0.3, -0.25) is 4.55 Å². The minimum absolute atomic E-state index is 0.336. The van der Waals surface area contributed by atoms with Crippen molar-refractivity contribution in [2.24, 2.45) is 5.92 Å². The number of fused-ring (bicyclic) bond motifs is 1. The molecule has 0 amide bonds. The molecule has 2 fully saturated rings. The highest BCUT2D eigenvalue weighted by molar-refractivity contribution is 7.76. The van der Waals surface area contributed by atoms with Gasteiger partial charge in [0.1, 0.15) is 0 Å². The summed E-state index contributed by atoms with van der Waals surface area (Å²) in [5, 5.41) is 8.17. The molecule has 6 rings (SSSR count). The van der Waals surface area contributed by atoms with Crippen molar-refractivity contribution < 1.29 is 8.76 Å². The standard InChI is InChI=1S/C31H40N8O2S/c1-35-16-18-37(19-17-35)21-24-6-5-15-38(22-24)27-11-9-26(10-12-27)33-31-32-20-28-13-14-30(39(28)34-31)29-8-4-3-7-25(29)23-36(2)42(40)41/h3-4,7-14,20,24H,5-6,15-19,21-23H2,1-2H3,(H,33,34)(H,40,41). The molecule has 2 aromatic carbocycles. The van der Waals surface area contributed by atoms with Gasteiger partial charge in [0.05, 0.1) is 17.4 Å². The van der Waals surface area contributed by atoms with Gasteiger partial charge >= 0.3 is 0 Å². The number of anilines is 3. The Morgan fingerprint density at radius 1 is 1.02 bits per heavy atom. The van der Waals surface area contributed by atoms with E-state index in [0.29, 0.717) is 18.4 Å². The van der Waals surface area contributed by atoms with Crippen molar-refractivity contribution in [1.29, 1.82) is 0 Å². The van der Waals surface area contributed by atoms with E-state index in [2.05, 4.69) is 56.3 Å². The molecule has 2 saturated heterocycles. The van der Waals surface area contributed by atoms with Crippen LogP contribution in [0, 0.1) is 5.92 Å². The van der Waals surface area contributed by atoms with E-state index >= 15 is 0 Å². The van der Waals surface area contributed by atoms with Crippen molar-refractivity contribution >= 4 is 34.1 Å². The van der Waals surface area contributed by atoms with Gasteiger partial charge < -0.3 is 20.0 Å². The molecular weight excluding hydrogens is 548 g/mol. The SMILES string of the molecule is CN1CCN(CC2CCCN(c3ccc(Nc4ncc5ccc(-c6ccccc6CN(C)S(=O)O)n5n4)cc3)C2)CC1. The molecule has 10 nitrogen and oxygen atoms in total. The minimum Gasteiger partial charge on any atom is -0.371 e. The van der Waals surface area contributed by atoms with Gasteiger partial charge in [-0.2, -0.15) is 4.31 Å². The third-order valence-electron chi connectivity index (χ3n) is 8.47. The molecule has 0 radical (unpaired) electrons. The summed E-state index contributed by atoms with van der Waals surface area (Å²) in [5.74, 6) is 1.22. The fraction of sp³-hybridized carbons (Fsp3) is 0.419. The molecule has 0 aliphatic carbocycles. The van der Waals surface area contributed by atoms with Crippen LogP contribution in [0.15, 0.2) is 66.9 Å². The molecule has 2 aliphatic heterocycles. The first-order chi connectivity index (χ1) is 20.4. The van der Waals surface area contributed by atoms with Crippen LogP contribution < -0.4 is 10.2 Å². The minimum atomic E-state index is -2.04. The normalized spacial score (nSPS) is 19.4. The Morgan fingerprint density at radius 3 is 2.60 bits per heavy atom. The lowest BCUT2D eigenvalue weighted by molar-refractivity contribution is 0.131. The molecule has 2 aromatic heterocycles. The first kappa shape index (κ1) is 28.8. The summed E-state index contributed by atoms with van der Waals surface area (Å²) in [7, 11) is 3.84. The van der Waals surface area contributed by atoms with E-state index in [1.54, 1.807) is 13.2 Å². The summed E-state index contributed by atoms with van der Waals surface area (Å²) in [6.45, 7) is 8.46. The molecule has 42 heavy (non-hydrogen) atoms. The molecule has 0 bridgehead atoms. The van der Waals surface area contributed by atoms with Gasteiger partial charge in [-0.1, -0.05) is 24.3 Å². The number of nitrogens with one attached hydrogen (secondary N) is 1. The van der Waals surface area contributed by atoms with Crippen molar-refractivity contribution in [2.45, 2.75) is 19.4 Å². The zero-order chi connectivity index (χ0) is 29.1. The summed E-state index contributed by atoms with van der Waals surface area (Å²) < 4.78 is 24.3. The van der Waals surface area contributed by atoms with Crippen molar-refractivity contribution in [3.8, 4) is 11.3 Å². The maximum absolute atomic E-state index is 11.5. The van der Waals surface area contributed by atoms with E-state index in [1.807, 2.05) is 40.9 Å². The molecular formula is C31H40N8O2S. The van der Waals surface area contributed by atoms with Gasteiger partial charge in [0, 0.05) is 76.3 Å². The molecule has 11 heteroatoms. The molecule has 4 heterocycles. The molecule has 0 saturated carbocycles. The van der Waals surface area contributed by atoms with Crippen molar-refractivity contribution in [1.82, 2.24) is 28.7 Å². The van der Waals surface area contributed by atoms with Crippen LogP contribution in [-0.2, 0) is 17.8 Å². The topological polar surface area (TPSA) is 92.5 Å². The third-order valence-corrected chi connectivity index (χ3v) is 9.13. The van der Waals surface area contributed by atoms with Crippen LogP contribution in [0.3, 0.4) is 0 Å². The number of rotatable bonds is 9. The predicted molar refractivity (Wildman–Crippen MR) is 169 cm³/mol. The number of hydrogen-bond donors (Lipinski definition) is 2. The van der Waals surface area contributed by atoms with E-state index in [4.69, 9.17) is 5.10 Å². The van der Waals surface area contributed by atoms with E-state index in [9.17, 15) is 8.76 Å². The molecule has 2 unspecified atom stereocenters. The lowest BCUT2D eigenvalue weighted by Gasteiger charge is -2.39. The van der Waals surface area contributed by atoms with E-state index in [-0.39, 0.29) is 0 Å². The van der Waals surface area contributed by atoms with Gasteiger partial charge in [-0.05, 0) is 67.8 Å². The quantitative estimate of drug-likeness (QED) is 0.282. The second-order valence-electron chi connectivity index (χ2n) is 11.5. The van der Waals surface area contributed by atoms with Gasteiger partial charge in [-0.15, -0.1) is 5.10 Å². The number of likely N-dealkylation sites (N-methyl/N-ethyl adjacent to an activating group) is 1. The van der Waals surface area contributed by atoms with Gasteiger partial charge in [0.15, 0.2) is 0 Å². The molecule has 0 spiro atoms. The number of hydrogen-bond acceptors (Lipinski definition) is 7. The van der Waals surface area contributed by atoms with Crippen molar-refractivity contribution in [2.75, 3.05) is 70.1 Å². The molecule has 2 aliphatic rings. The number of piperazine rings is 1. The van der Waals surface area contributed by atoms with Crippen LogP contribution in [0.4, 0.5) is 17.3 Å². The van der Waals surface area contributed by atoms with Crippen LogP contribution in [0.25, 0.3) is 16.8 Å². The highest BCUT2D eigenvalue weighted by Crippen LogP contribution is 2.28. The Hall–Kier alpha value is -3.35. The summed E-state index contributed by atoms with van der Waals surface area (Å²) >= 11 is -2.04. The van der Waals surface area contributed by atoms with Crippen LogP contribution in [-0.4, -0.2) is 97.4 Å². The first-order valence-electron chi connectivity index (χ1n) is 14.7. The van der Waals surface area contributed by atoms with Crippen molar-refractivity contribution in [3.63, 3.8) is 0 Å². The van der Waals surface area contributed by atoms with E-state index < -0.39 is 11.3 Å². The summed E-state index contributed by atoms with van der Waals surface area (Å²) in [5.41, 5.74) is 5.86. The summed E-state index contributed by atoms with van der Waals surface area (Å²) in [4.78, 5) is 12.1. The molecule has 2 atom stereocenters. The number of aromatic nitrogens is 3. The van der Waals surface area contributed by atoms with Gasteiger partial charge in [-0.25, -0.2) is 13.7 Å². The predicted octanol–water partition coefficient (Wildman–Crippen LogP) is 4.17. The van der Waals surface area contributed by atoms with Crippen molar-refractivity contribution in [3.05, 3.63) is 72.4 Å². The number of piperidine rings is 1. The Kier molecular flexibility index (Phi) is 8.82. The van der Waals surface area contributed by atoms with Crippen LogP contribution in [0.1, 0.15) is 18.4 Å². The lowest BCUT2D eigenvalue weighted by Crippen LogP contribution is -2.48. The molecule has 2 N–H and O–H groups in total. The maximum atomic E-state index is 11.5. The lowest BCUT2D eigenvalue weighted by atomic mass is 9.96. The average molecular weight is 589 g/mol. The first-order valence-corrected chi connectivity index (χ1v) is 15.8. The highest BCUT2D eigenvalue weighted by atomic mass is 32.2. The monoisotopic (exact) mass is 588 g/mol. The largest absolute Gasteiger partial charge is 0.371 e. The Morgan fingerprint density at radius 2 is 1.81 bits per heavy atom. The Balaban J connectivity index is 1.14. The summed E-state index contributed by atoms with van der Waals surface area (Å²) in [6, 6.07) is 20.5. The van der Waals surface area contributed by atoms with Crippen LogP contribution in [0.2, 0.25) is 0 Å². The number of nitrogens with zero attached hydrogens (tertiary/aromatic N) is 7. The zero-order valence-electron chi connectivity index (χ0n) is 24.4. The highest BCUT2D eigenvalue weighted by Gasteiger charge is 2.24. The smallest absolute Gasteiger partial charge is 0.245 e. The fourth-order valence-corrected chi connectivity index (χ4v) is 6.34. The van der Waals surface area contributed by atoms with Gasteiger partial charge in [0.25, 0.3) is 0 Å². The Bertz CT molecular complexity index is 1520. The fourth-order valence-electron chi connectivity index (χ4n) is 6.09. The summed E-state index contributed by atoms with van der Waals surface area (Å²) in [6.07, 6.45) is 4.35. The molecule has 4 aromatic rings. The average Bonchev–Trinajstić information content (AvgIpc) is 3.42. The number of benzene rings is 2. The van der Waals surface area contributed by atoms with Gasteiger partial charge in [0.2, 0.25) is 17.2 Å².